The highest BCUT2D eigenvalue weighted by Gasteiger charge is 2.33. The maximum Gasteiger partial charge on any atom is 0.238 e. The van der Waals surface area contributed by atoms with E-state index in [1.54, 1.807) is 12.1 Å². The Hall–Kier alpha value is -0.810. The van der Waals surface area contributed by atoms with Crippen LogP contribution in [0, 0.1) is 11.8 Å². The number of likely N-dealkylation sites (tertiary alicyclic amines) is 1. The van der Waals surface area contributed by atoms with Gasteiger partial charge in [0.1, 0.15) is 0 Å². The van der Waals surface area contributed by atoms with Gasteiger partial charge >= 0.3 is 0 Å². The second kappa shape index (κ2) is 7.45. The molecule has 1 aromatic rings. The van der Waals surface area contributed by atoms with Gasteiger partial charge < -0.3 is 10.6 Å². The fourth-order valence-electron chi connectivity index (χ4n) is 3.19. The number of anilines is 1. The van der Waals surface area contributed by atoms with E-state index in [1.807, 2.05) is 12.1 Å². The van der Waals surface area contributed by atoms with Gasteiger partial charge in [0.25, 0.3) is 0 Å². The lowest BCUT2D eigenvalue weighted by Crippen LogP contribution is -2.43. The van der Waals surface area contributed by atoms with Crippen LogP contribution in [0.5, 0.6) is 0 Å². The zero-order valence-electron chi connectivity index (χ0n) is 11.8. The number of piperidine rings is 1. The maximum atomic E-state index is 12.1. The highest BCUT2D eigenvalue weighted by atomic mass is 35.5. The van der Waals surface area contributed by atoms with Crippen LogP contribution in [0.3, 0.4) is 0 Å². The Bertz CT molecular complexity index is 480. The van der Waals surface area contributed by atoms with E-state index in [4.69, 9.17) is 11.6 Å². The average Bonchev–Trinajstić information content (AvgIpc) is 2.89. The molecule has 2 heterocycles. The van der Waals surface area contributed by atoms with Gasteiger partial charge in [0, 0.05) is 17.3 Å². The lowest BCUT2D eigenvalue weighted by atomic mass is 9.89. The van der Waals surface area contributed by atoms with Crippen molar-refractivity contribution in [3.63, 3.8) is 0 Å². The molecule has 2 saturated heterocycles. The molecular weight excluding hydrogens is 309 g/mol. The summed E-state index contributed by atoms with van der Waals surface area (Å²) in [5, 5.41) is 7.04. The Balaban J connectivity index is 0.00000161. The molecular formula is C15H21Cl2N3O. The van der Waals surface area contributed by atoms with Gasteiger partial charge in [-0.3, -0.25) is 9.69 Å². The molecule has 0 spiro atoms. The fourth-order valence-corrected chi connectivity index (χ4v) is 3.32. The van der Waals surface area contributed by atoms with Crippen molar-refractivity contribution >= 4 is 35.6 Å². The van der Waals surface area contributed by atoms with Gasteiger partial charge in [0.2, 0.25) is 5.91 Å². The number of halogens is 2. The largest absolute Gasteiger partial charge is 0.325 e. The number of nitrogens with one attached hydrogen (secondary N) is 2. The lowest BCUT2D eigenvalue weighted by Gasteiger charge is -2.33. The molecule has 1 amide bonds. The van der Waals surface area contributed by atoms with E-state index >= 15 is 0 Å². The fraction of sp³-hybridized carbons (Fsp3) is 0.533. The van der Waals surface area contributed by atoms with Crippen molar-refractivity contribution in [3.05, 3.63) is 29.3 Å². The SMILES string of the molecule is Cl.O=C(CN1CCC2CNCC2C1)Nc1ccc(Cl)cc1. The number of carbonyl (C=O) groups excluding carboxylic acids is 1. The van der Waals surface area contributed by atoms with E-state index in [1.165, 1.54) is 6.42 Å². The molecule has 2 atom stereocenters. The van der Waals surface area contributed by atoms with Crippen LogP contribution in [0.4, 0.5) is 5.69 Å². The van der Waals surface area contributed by atoms with E-state index < -0.39 is 0 Å². The second-order valence-electron chi connectivity index (χ2n) is 5.76. The zero-order valence-corrected chi connectivity index (χ0v) is 13.4. The van der Waals surface area contributed by atoms with Gasteiger partial charge in [-0.2, -0.15) is 0 Å². The summed E-state index contributed by atoms with van der Waals surface area (Å²) in [5.74, 6) is 1.58. The molecule has 0 aliphatic carbocycles. The minimum atomic E-state index is 0. The van der Waals surface area contributed by atoms with E-state index in [9.17, 15) is 4.79 Å². The molecule has 0 saturated carbocycles. The third-order valence-electron chi connectivity index (χ3n) is 4.28. The third kappa shape index (κ3) is 4.33. The van der Waals surface area contributed by atoms with Gasteiger partial charge in [-0.05, 0) is 62.2 Å². The van der Waals surface area contributed by atoms with Crippen LogP contribution < -0.4 is 10.6 Å². The molecule has 6 heteroatoms. The minimum Gasteiger partial charge on any atom is -0.325 e. The van der Waals surface area contributed by atoms with Crippen LogP contribution in [-0.4, -0.2) is 43.5 Å². The predicted molar refractivity (Wildman–Crippen MR) is 88.2 cm³/mol. The number of benzene rings is 1. The van der Waals surface area contributed by atoms with Crippen molar-refractivity contribution in [2.24, 2.45) is 11.8 Å². The normalized spacial score (nSPS) is 25.0. The van der Waals surface area contributed by atoms with E-state index in [2.05, 4.69) is 15.5 Å². The van der Waals surface area contributed by atoms with Crippen molar-refractivity contribution in [2.75, 3.05) is 38.0 Å². The molecule has 116 valence electrons. The number of nitrogens with zero attached hydrogens (tertiary/aromatic N) is 1. The predicted octanol–water partition coefficient (Wildman–Crippen LogP) is 2.24. The monoisotopic (exact) mass is 329 g/mol. The molecule has 0 bridgehead atoms. The van der Waals surface area contributed by atoms with Crippen molar-refractivity contribution < 1.29 is 4.79 Å². The summed E-state index contributed by atoms with van der Waals surface area (Å²) in [6.07, 6.45) is 1.20. The Morgan fingerprint density at radius 1 is 1.29 bits per heavy atom. The first-order chi connectivity index (χ1) is 9.70. The summed E-state index contributed by atoms with van der Waals surface area (Å²) < 4.78 is 0. The second-order valence-corrected chi connectivity index (χ2v) is 6.19. The van der Waals surface area contributed by atoms with E-state index in [-0.39, 0.29) is 18.3 Å². The molecule has 4 nitrogen and oxygen atoms in total. The first-order valence-corrected chi connectivity index (χ1v) is 7.57. The van der Waals surface area contributed by atoms with Crippen LogP contribution in [0.15, 0.2) is 24.3 Å². The van der Waals surface area contributed by atoms with Crippen LogP contribution in [0.2, 0.25) is 5.02 Å². The van der Waals surface area contributed by atoms with Crippen molar-refractivity contribution in [3.8, 4) is 0 Å². The van der Waals surface area contributed by atoms with Gasteiger partial charge in [0.05, 0.1) is 6.54 Å². The highest BCUT2D eigenvalue weighted by molar-refractivity contribution is 6.30. The topological polar surface area (TPSA) is 44.4 Å². The third-order valence-corrected chi connectivity index (χ3v) is 4.54. The summed E-state index contributed by atoms with van der Waals surface area (Å²) in [7, 11) is 0. The maximum absolute atomic E-state index is 12.1. The zero-order chi connectivity index (χ0) is 13.9. The number of carbonyl (C=O) groups is 1. The molecule has 0 aromatic heterocycles. The van der Waals surface area contributed by atoms with Crippen molar-refractivity contribution in [1.29, 1.82) is 0 Å². The summed E-state index contributed by atoms with van der Waals surface area (Å²) in [6, 6.07) is 7.22. The quantitative estimate of drug-likeness (QED) is 0.893. The van der Waals surface area contributed by atoms with Gasteiger partial charge in [-0.15, -0.1) is 12.4 Å². The summed E-state index contributed by atoms with van der Waals surface area (Å²) in [4.78, 5) is 14.3. The molecule has 2 N–H and O–H groups in total. The number of rotatable bonds is 3. The van der Waals surface area contributed by atoms with Crippen molar-refractivity contribution in [1.82, 2.24) is 10.2 Å². The molecule has 2 aliphatic rings. The van der Waals surface area contributed by atoms with Crippen LogP contribution in [0.1, 0.15) is 6.42 Å². The Kier molecular flexibility index (Phi) is 5.88. The summed E-state index contributed by atoms with van der Waals surface area (Å²) in [6.45, 7) is 4.78. The van der Waals surface area contributed by atoms with Crippen LogP contribution in [-0.2, 0) is 4.79 Å². The number of fused-ring (bicyclic) bond motifs is 1. The van der Waals surface area contributed by atoms with Gasteiger partial charge in [0.15, 0.2) is 0 Å². The highest BCUT2D eigenvalue weighted by Crippen LogP contribution is 2.26. The smallest absolute Gasteiger partial charge is 0.238 e. The molecule has 21 heavy (non-hydrogen) atoms. The van der Waals surface area contributed by atoms with E-state index in [0.29, 0.717) is 17.5 Å². The Morgan fingerprint density at radius 2 is 2.00 bits per heavy atom. The average molecular weight is 330 g/mol. The molecule has 1 aromatic carbocycles. The van der Waals surface area contributed by atoms with Gasteiger partial charge in [-0.25, -0.2) is 0 Å². The standard InChI is InChI=1S/C15H20ClN3O.ClH/c16-13-1-3-14(4-2-13)18-15(20)10-19-6-5-11-7-17-8-12(11)9-19;/h1-4,11-12,17H,5-10H2,(H,18,20);1H. The first kappa shape index (κ1) is 16.6. The lowest BCUT2D eigenvalue weighted by molar-refractivity contribution is -0.117. The van der Waals surface area contributed by atoms with Crippen LogP contribution in [0.25, 0.3) is 0 Å². The minimum absolute atomic E-state index is 0. The number of hydrogen-bond acceptors (Lipinski definition) is 3. The number of hydrogen-bond donors (Lipinski definition) is 2. The van der Waals surface area contributed by atoms with Gasteiger partial charge in [-0.1, -0.05) is 11.6 Å². The Morgan fingerprint density at radius 3 is 2.76 bits per heavy atom. The molecule has 3 rings (SSSR count). The Labute approximate surface area is 136 Å². The number of amides is 1. The van der Waals surface area contributed by atoms with Crippen molar-refractivity contribution in [2.45, 2.75) is 6.42 Å². The summed E-state index contributed by atoms with van der Waals surface area (Å²) >= 11 is 5.83. The molecule has 0 radical (unpaired) electrons. The molecule has 2 aliphatic heterocycles. The van der Waals surface area contributed by atoms with Crippen LogP contribution >= 0.6 is 24.0 Å². The molecule has 2 fully saturated rings. The first-order valence-electron chi connectivity index (χ1n) is 7.19. The summed E-state index contributed by atoms with van der Waals surface area (Å²) in [5.41, 5.74) is 0.803. The van der Waals surface area contributed by atoms with E-state index in [0.717, 1.165) is 37.8 Å². The molecule has 2 unspecified atom stereocenters.